The molecule has 204 valence electrons. The van der Waals surface area contributed by atoms with Gasteiger partial charge in [0.25, 0.3) is 0 Å². The van der Waals surface area contributed by atoms with E-state index in [1.165, 1.54) is 24.4 Å². The number of nitrogens with one attached hydrogen (secondary N) is 1. The summed E-state index contributed by atoms with van der Waals surface area (Å²) in [6, 6.07) is 10.2. The third-order valence-electron chi connectivity index (χ3n) is 6.91. The first-order chi connectivity index (χ1) is 19.2. The Balaban J connectivity index is 1.80. The number of nitriles is 1. The minimum Gasteiger partial charge on any atom is -0.453 e. The highest BCUT2D eigenvalue weighted by molar-refractivity contribution is 6.03. The van der Waals surface area contributed by atoms with Crippen molar-refractivity contribution in [3.8, 4) is 28.3 Å². The van der Waals surface area contributed by atoms with Gasteiger partial charge in [-0.3, -0.25) is 10.3 Å². The lowest BCUT2D eigenvalue weighted by molar-refractivity contribution is 0.187. The molecule has 3 N–H and O–H groups in total. The molecule has 0 aliphatic carbocycles. The van der Waals surface area contributed by atoms with E-state index in [1.807, 2.05) is 4.90 Å². The highest BCUT2D eigenvalue weighted by Gasteiger charge is 2.26. The summed E-state index contributed by atoms with van der Waals surface area (Å²) in [5, 5.41) is 12.4. The van der Waals surface area contributed by atoms with Crippen molar-refractivity contribution >= 4 is 28.4 Å². The number of carbonyl (C=O) groups excluding carboxylic acids is 1. The van der Waals surface area contributed by atoms with Crippen molar-refractivity contribution in [2.24, 2.45) is 5.73 Å². The number of amides is 1. The quantitative estimate of drug-likeness (QED) is 0.298. The molecular formula is C29H23F4N5O2. The van der Waals surface area contributed by atoms with Crippen LogP contribution in [0.4, 0.5) is 33.7 Å². The van der Waals surface area contributed by atoms with Gasteiger partial charge in [-0.25, -0.2) is 22.4 Å². The van der Waals surface area contributed by atoms with Crippen molar-refractivity contribution in [2.45, 2.75) is 18.9 Å². The summed E-state index contributed by atoms with van der Waals surface area (Å²) in [6.07, 6.45) is 1.86. The lowest BCUT2D eigenvalue weighted by atomic mass is 9.94. The number of hydrogen-bond donors (Lipinski definition) is 2. The Labute approximate surface area is 226 Å². The molecule has 0 unspecified atom stereocenters. The van der Waals surface area contributed by atoms with Crippen molar-refractivity contribution in [3.63, 3.8) is 0 Å². The Morgan fingerprint density at radius 3 is 2.42 bits per heavy atom. The van der Waals surface area contributed by atoms with Crippen molar-refractivity contribution in [1.29, 1.82) is 5.26 Å². The van der Waals surface area contributed by atoms with Crippen LogP contribution in [0.15, 0.2) is 48.7 Å². The van der Waals surface area contributed by atoms with Gasteiger partial charge in [0.2, 0.25) is 0 Å². The summed E-state index contributed by atoms with van der Waals surface area (Å²) < 4.78 is 63.0. The molecule has 7 nitrogen and oxygen atoms in total. The summed E-state index contributed by atoms with van der Waals surface area (Å²) in [4.78, 5) is 18.5. The van der Waals surface area contributed by atoms with Crippen LogP contribution in [0.1, 0.15) is 18.4 Å². The van der Waals surface area contributed by atoms with Crippen molar-refractivity contribution in [1.82, 2.24) is 4.98 Å². The van der Waals surface area contributed by atoms with Gasteiger partial charge in [0.05, 0.1) is 29.6 Å². The van der Waals surface area contributed by atoms with E-state index in [9.17, 15) is 23.2 Å². The molecule has 1 aliphatic rings. The van der Waals surface area contributed by atoms with Crippen LogP contribution in [-0.4, -0.2) is 37.3 Å². The van der Waals surface area contributed by atoms with Crippen LogP contribution >= 0.6 is 0 Å². The molecule has 0 atom stereocenters. The first kappa shape index (κ1) is 26.9. The Kier molecular flexibility index (Phi) is 7.28. The number of ether oxygens (including phenoxy) is 1. The molecule has 0 bridgehead atoms. The fourth-order valence-electron chi connectivity index (χ4n) is 4.99. The Morgan fingerprint density at radius 1 is 1.07 bits per heavy atom. The Hall–Kier alpha value is -4.69. The van der Waals surface area contributed by atoms with Gasteiger partial charge in [-0.05, 0) is 54.3 Å². The maximum absolute atomic E-state index is 15.4. The summed E-state index contributed by atoms with van der Waals surface area (Å²) in [7, 11) is 1.09. The fourth-order valence-corrected chi connectivity index (χ4v) is 4.99. The predicted octanol–water partition coefficient (Wildman–Crippen LogP) is 6.10. The third-order valence-corrected chi connectivity index (χ3v) is 6.91. The largest absolute Gasteiger partial charge is 0.453 e. The zero-order valence-electron chi connectivity index (χ0n) is 21.3. The fraction of sp³-hybridized carbons (Fsp3) is 0.207. The number of rotatable bonds is 4. The topological polar surface area (TPSA) is 104 Å². The molecule has 1 aromatic heterocycles. The second kappa shape index (κ2) is 10.8. The molecular weight excluding hydrogens is 526 g/mol. The Morgan fingerprint density at radius 2 is 1.77 bits per heavy atom. The number of methoxy groups -OCH3 is 1. The molecule has 4 aromatic rings. The summed E-state index contributed by atoms with van der Waals surface area (Å²) in [5.74, 6) is -4.10. The number of benzene rings is 3. The van der Waals surface area contributed by atoms with Gasteiger partial charge in [0, 0.05) is 47.9 Å². The van der Waals surface area contributed by atoms with Gasteiger partial charge < -0.3 is 15.4 Å². The average Bonchev–Trinajstić information content (AvgIpc) is 2.94. The molecule has 5 rings (SSSR count). The smallest absolute Gasteiger partial charge is 0.411 e. The van der Waals surface area contributed by atoms with E-state index in [0.29, 0.717) is 54.2 Å². The first-order valence-corrected chi connectivity index (χ1v) is 12.4. The molecule has 0 radical (unpaired) electrons. The van der Waals surface area contributed by atoms with Gasteiger partial charge in [0.15, 0.2) is 11.6 Å². The minimum absolute atomic E-state index is 0.00674. The van der Waals surface area contributed by atoms with Gasteiger partial charge >= 0.3 is 6.09 Å². The number of piperidine rings is 1. The molecule has 11 heteroatoms. The van der Waals surface area contributed by atoms with Crippen LogP contribution in [0.2, 0.25) is 0 Å². The molecule has 2 heterocycles. The van der Waals surface area contributed by atoms with E-state index >= 15 is 4.39 Å². The van der Waals surface area contributed by atoms with E-state index in [2.05, 4.69) is 15.0 Å². The number of hydrogen-bond acceptors (Lipinski definition) is 6. The molecule has 0 saturated carbocycles. The zero-order valence-corrected chi connectivity index (χ0v) is 21.3. The van der Waals surface area contributed by atoms with Crippen LogP contribution in [0.25, 0.3) is 33.2 Å². The predicted molar refractivity (Wildman–Crippen MR) is 143 cm³/mol. The molecule has 1 amide bonds. The van der Waals surface area contributed by atoms with Gasteiger partial charge in [-0.1, -0.05) is 6.07 Å². The summed E-state index contributed by atoms with van der Waals surface area (Å²) in [6.45, 7) is 1.08. The minimum atomic E-state index is -1.29. The van der Waals surface area contributed by atoms with E-state index in [0.717, 1.165) is 13.2 Å². The van der Waals surface area contributed by atoms with Gasteiger partial charge in [-0.2, -0.15) is 5.26 Å². The number of aromatic nitrogens is 1. The van der Waals surface area contributed by atoms with Crippen LogP contribution in [0, 0.1) is 34.6 Å². The van der Waals surface area contributed by atoms with Crippen LogP contribution in [-0.2, 0) is 4.74 Å². The van der Waals surface area contributed by atoms with Crippen LogP contribution < -0.4 is 16.0 Å². The van der Waals surface area contributed by atoms with E-state index in [1.54, 1.807) is 18.2 Å². The highest BCUT2D eigenvalue weighted by Crippen LogP contribution is 2.42. The highest BCUT2D eigenvalue weighted by atomic mass is 19.2. The summed E-state index contributed by atoms with van der Waals surface area (Å²) >= 11 is 0. The maximum atomic E-state index is 15.4. The normalized spacial score (nSPS) is 13.8. The van der Waals surface area contributed by atoms with E-state index in [4.69, 9.17) is 5.73 Å². The van der Waals surface area contributed by atoms with Crippen LogP contribution in [0.5, 0.6) is 0 Å². The molecule has 1 saturated heterocycles. The van der Waals surface area contributed by atoms with E-state index < -0.39 is 29.4 Å². The van der Waals surface area contributed by atoms with Crippen LogP contribution in [0.3, 0.4) is 0 Å². The third kappa shape index (κ3) is 5.01. The number of fused-ring (bicyclic) bond motifs is 1. The standard InChI is InChI=1S/C29H23F4N5O2/c1-40-29(39)37-27-17(13-34)11-23(32)26(33)25(27)15-2-3-24-21(10-15)28(38-6-4-20(35)5-7-38)22(14-36-24)16-8-18(30)12-19(31)9-16/h2-3,8-12,14,20H,4-7,35H2,1H3,(H,37,39). The SMILES string of the molecule is COC(=O)Nc1c(C#N)cc(F)c(F)c1-c1ccc2ncc(-c3cc(F)cc(F)c3)c(N3CCC(N)CC3)c2c1. The zero-order chi connectivity index (χ0) is 28.6. The number of nitrogens with zero attached hydrogens (tertiary/aromatic N) is 3. The van der Waals surface area contributed by atoms with Gasteiger partial charge in [-0.15, -0.1) is 0 Å². The number of carbonyl (C=O) groups is 1. The molecule has 1 fully saturated rings. The monoisotopic (exact) mass is 549 g/mol. The number of pyridine rings is 1. The van der Waals surface area contributed by atoms with E-state index in [-0.39, 0.29) is 34.0 Å². The number of halogens is 4. The van der Waals surface area contributed by atoms with Crippen molar-refractivity contribution in [3.05, 3.63) is 77.5 Å². The molecule has 1 aliphatic heterocycles. The lowest BCUT2D eigenvalue weighted by Gasteiger charge is -2.34. The Bertz CT molecular complexity index is 1660. The first-order valence-electron chi connectivity index (χ1n) is 12.4. The lowest BCUT2D eigenvalue weighted by Crippen LogP contribution is -2.40. The maximum Gasteiger partial charge on any atom is 0.411 e. The molecule has 3 aromatic carbocycles. The second-order valence-corrected chi connectivity index (χ2v) is 9.43. The average molecular weight is 550 g/mol. The van der Waals surface area contributed by atoms with Crippen molar-refractivity contribution in [2.75, 3.05) is 30.4 Å². The molecule has 40 heavy (non-hydrogen) atoms. The second-order valence-electron chi connectivity index (χ2n) is 9.43. The van der Waals surface area contributed by atoms with Crippen molar-refractivity contribution < 1.29 is 27.1 Å². The number of anilines is 2. The number of nitrogens with two attached hydrogens (primary N) is 1. The summed E-state index contributed by atoms with van der Waals surface area (Å²) in [5.41, 5.74) is 7.05. The molecule has 0 spiro atoms. The van der Waals surface area contributed by atoms with Gasteiger partial charge in [0.1, 0.15) is 17.7 Å².